The minimum absolute atomic E-state index is 0.144. The molecule has 0 saturated heterocycles. The largest absolute Gasteiger partial charge is 0.356 e. The van der Waals surface area contributed by atoms with E-state index in [-0.39, 0.29) is 11.9 Å². The maximum Gasteiger partial charge on any atom is 0.267 e. The first-order valence-corrected chi connectivity index (χ1v) is 7.20. The average Bonchev–Trinajstić information content (AvgIpc) is 3.00. The van der Waals surface area contributed by atoms with Crippen molar-refractivity contribution in [1.82, 2.24) is 15.2 Å². The van der Waals surface area contributed by atoms with Gasteiger partial charge in [0.25, 0.3) is 5.91 Å². The molecule has 1 atom stereocenters. The molecule has 6 heteroatoms. The van der Waals surface area contributed by atoms with Crippen LogP contribution in [0, 0.1) is 0 Å². The lowest BCUT2D eigenvalue weighted by Gasteiger charge is -2.23. The van der Waals surface area contributed by atoms with Gasteiger partial charge in [0.15, 0.2) is 0 Å². The maximum absolute atomic E-state index is 11.9. The molecular weight excluding hydrogens is 282 g/mol. The third-order valence-electron chi connectivity index (χ3n) is 2.90. The molecule has 1 amide bonds. The van der Waals surface area contributed by atoms with Crippen LogP contribution in [0.3, 0.4) is 0 Å². The monoisotopic (exact) mass is 297 g/mol. The molecule has 2 rings (SSSR count). The van der Waals surface area contributed by atoms with E-state index >= 15 is 0 Å². The Balaban J connectivity index is 1.98. The highest BCUT2D eigenvalue weighted by Crippen LogP contribution is 2.20. The Kier molecular flexibility index (Phi) is 4.63. The number of halogens is 1. The molecule has 0 aliphatic heterocycles. The van der Waals surface area contributed by atoms with E-state index in [4.69, 9.17) is 11.6 Å². The van der Waals surface area contributed by atoms with Crippen molar-refractivity contribution < 1.29 is 4.79 Å². The van der Waals surface area contributed by atoms with Crippen LogP contribution in [0.1, 0.15) is 22.1 Å². The molecule has 0 aliphatic rings. The Morgan fingerprint density at radius 2 is 2.37 bits per heavy atom. The number of nitrogens with one attached hydrogen (secondary N) is 2. The highest BCUT2D eigenvalue weighted by molar-refractivity contribution is 7.07. The lowest BCUT2D eigenvalue weighted by molar-refractivity contribution is 0.0937. The zero-order chi connectivity index (χ0) is 13.8. The van der Waals surface area contributed by atoms with Crippen LogP contribution in [-0.2, 0) is 0 Å². The smallest absolute Gasteiger partial charge is 0.267 e. The van der Waals surface area contributed by atoms with Gasteiger partial charge in [-0.25, -0.2) is 0 Å². The summed E-state index contributed by atoms with van der Waals surface area (Å²) >= 11 is 7.44. The zero-order valence-electron chi connectivity index (χ0n) is 10.8. The molecular formula is C13H16ClN3OS. The van der Waals surface area contributed by atoms with E-state index in [1.165, 1.54) is 5.56 Å². The van der Waals surface area contributed by atoms with Crippen LogP contribution in [0.25, 0.3) is 0 Å². The number of thiophene rings is 1. The molecule has 4 nitrogen and oxygen atoms in total. The van der Waals surface area contributed by atoms with E-state index in [0.717, 1.165) is 0 Å². The average molecular weight is 298 g/mol. The minimum Gasteiger partial charge on any atom is -0.356 e. The number of hydrogen-bond acceptors (Lipinski definition) is 3. The van der Waals surface area contributed by atoms with Crippen molar-refractivity contribution in [2.75, 3.05) is 20.6 Å². The Morgan fingerprint density at radius 1 is 1.58 bits per heavy atom. The number of nitrogens with zero attached hydrogens (tertiary/aromatic N) is 1. The number of aromatic amines is 1. The summed E-state index contributed by atoms with van der Waals surface area (Å²) in [5.74, 6) is -0.144. The molecule has 2 aromatic heterocycles. The summed E-state index contributed by atoms with van der Waals surface area (Å²) in [6.45, 7) is 0.555. The first-order chi connectivity index (χ1) is 9.08. The molecule has 0 saturated carbocycles. The van der Waals surface area contributed by atoms with Gasteiger partial charge in [-0.05, 0) is 42.6 Å². The van der Waals surface area contributed by atoms with Crippen molar-refractivity contribution in [3.63, 3.8) is 0 Å². The molecule has 0 radical (unpaired) electrons. The SMILES string of the molecule is CN(C)[C@H](CNC(=O)c1cc(Cl)c[nH]1)c1ccsc1. The number of amides is 1. The number of aromatic nitrogens is 1. The van der Waals surface area contributed by atoms with Crippen LogP contribution in [0.4, 0.5) is 0 Å². The minimum atomic E-state index is -0.144. The fourth-order valence-corrected chi connectivity index (χ4v) is 2.72. The van der Waals surface area contributed by atoms with Crippen molar-refractivity contribution in [3.05, 3.63) is 45.4 Å². The van der Waals surface area contributed by atoms with Gasteiger partial charge < -0.3 is 15.2 Å². The molecule has 0 aromatic carbocycles. The van der Waals surface area contributed by atoms with Crippen molar-refractivity contribution in [2.45, 2.75) is 6.04 Å². The molecule has 2 N–H and O–H groups in total. The molecule has 102 valence electrons. The summed E-state index contributed by atoms with van der Waals surface area (Å²) < 4.78 is 0. The second kappa shape index (κ2) is 6.23. The number of rotatable bonds is 5. The van der Waals surface area contributed by atoms with Crippen LogP contribution in [0.2, 0.25) is 5.02 Å². The van der Waals surface area contributed by atoms with Gasteiger partial charge in [0.1, 0.15) is 5.69 Å². The van der Waals surface area contributed by atoms with Crippen LogP contribution in [0.5, 0.6) is 0 Å². The predicted octanol–water partition coefficient (Wildman–Crippen LogP) is 2.76. The van der Waals surface area contributed by atoms with Gasteiger partial charge in [0.05, 0.1) is 11.1 Å². The molecule has 0 bridgehead atoms. The number of carbonyl (C=O) groups is 1. The van der Waals surface area contributed by atoms with E-state index in [0.29, 0.717) is 17.3 Å². The van der Waals surface area contributed by atoms with Gasteiger partial charge in [-0.2, -0.15) is 11.3 Å². The van der Waals surface area contributed by atoms with Gasteiger partial charge in [-0.1, -0.05) is 11.6 Å². The topological polar surface area (TPSA) is 48.1 Å². The number of likely N-dealkylation sites (N-methyl/N-ethyl adjacent to an activating group) is 1. The van der Waals surface area contributed by atoms with Crippen molar-refractivity contribution in [3.8, 4) is 0 Å². The summed E-state index contributed by atoms with van der Waals surface area (Å²) in [6, 6.07) is 3.86. The fourth-order valence-electron chi connectivity index (χ4n) is 1.85. The van der Waals surface area contributed by atoms with Crippen molar-refractivity contribution >= 4 is 28.8 Å². The maximum atomic E-state index is 11.9. The molecule has 2 aromatic rings. The first kappa shape index (κ1) is 14.1. The van der Waals surface area contributed by atoms with E-state index in [9.17, 15) is 4.79 Å². The fraction of sp³-hybridized carbons (Fsp3) is 0.308. The molecule has 0 fully saturated rings. The second-order valence-electron chi connectivity index (χ2n) is 4.48. The third kappa shape index (κ3) is 3.59. The van der Waals surface area contributed by atoms with E-state index in [1.807, 2.05) is 19.5 Å². The van der Waals surface area contributed by atoms with Crippen molar-refractivity contribution in [1.29, 1.82) is 0 Å². The van der Waals surface area contributed by atoms with Crippen molar-refractivity contribution in [2.24, 2.45) is 0 Å². The molecule has 0 spiro atoms. The lowest BCUT2D eigenvalue weighted by atomic mass is 10.1. The van der Waals surface area contributed by atoms with Gasteiger partial charge >= 0.3 is 0 Å². The lowest BCUT2D eigenvalue weighted by Crippen LogP contribution is -2.34. The standard InChI is InChI=1S/C13H16ClN3OS/c1-17(2)12(9-3-4-19-8-9)7-16-13(18)11-5-10(14)6-15-11/h3-6,8,12,15H,7H2,1-2H3,(H,16,18)/t12-/m1/s1. The Bertz CT molecular complexity index is 536. The van der Waals surface area contributed by atoms with Crippen LogP contribution >= 0.6 is 22.9 Å². The zero-order valence-corrected chi connectivity index (χ0v) is 12.4. The number of hydrogen-bond donors (Lipinski definition) is 2. The van der Waals surface area contributed by atoms with Crippen LogP contribution in [-0.4, -0.2) is 36.4 Å². The van der Waals surface area contributed by atoms with Crippen LogP contribution in [0.15, 0.2) is 29.1 Å². The third-order valence-corrected chi connectivity index (χ3v) is 3.82. The Hall–Kier alpha value is -1.30. The van der Waals surface area contributed by atoms with Gasteiger partial charge in [-0.3, -0.25) is 4.79 Å². The highest BCUT2D eigenvalue weighted by Gasteiger charge is 2.16. The van der Waals surface area contributed by atoms with Gasteiger partial charge in [0, 0.05) is 12.7 Å². The summed E-state index contributed by atoms with van der Waals surface area (Å²) in [7, 11) is 4.00. The second-order valence-corrected chi connectivity index (χ2v) is 5.69. The summed E-state index contributed by atoms with van der Waals surface area (Å²) in [6.07, 6.45) is 1.60. The quantitative estimate of drug-likeness (QED) is 0.891. The molecule has 2 heterocycles. The van der Waals surface area contributed by atoms with Crippen LogP contribution < -0.4 is 5.32 Å². The first-order valence-electron chi connectivity index (χ1n) is 5.88. The Morgan fingerprint density at radius 3 is 2.89 bits per heavy atom. The number of carbonyl (C=O) groups excluding carboxylic acids is 1. The number of H-pyrrole nitrogens is 1. The molecule has 19 heavy (non-hydrogen) atoms. The summed E-state index contributed by atoms with van der Waals surface area (Å²) in [5, 5.41) is 7.59. The molecule has 0 unspecified atom stereocenters. The normalized spacial score (nSPS) is 12.6. The van der Waals surface area contributed by atoms with Gasteiger partial charge in [0.2, 0.25) is 0 Å². The Labute approximate surface area is 121 Å². The van der Waals surface area contributed by atoms with E-state index in [1.54, 1.807) is 23.6 Å². The van der Waals surface area contributed by atoms with Gasteiger partial charge in [-0.15, -0.1) is 0 Å². The highest BCUT2D eigenvalue weighted by atomic mass is 35.5. The van der Waals surface area contributed by atoms with E-state index < -0.39 is 0 Å². The summed E-state index contributed by atoms with van der Waals surface area (Å²) in [4.78, 5) is 16.9. The molecule has 0 aliphatic carbocycles. The predicted molar refractivity (Wildman–Crippen MR) is 78.9 cm³/mol. The summed E-state index contributed by atoms with van der Waals surface area (Å²) in [5.41, 5.74) is 1.69. The van der Waals surface area contributed by atoms with E-state index in [2.05, 4.69) is 26.6 Å².